The molecule has 2 rings (SSSR count). The van der Waals surface area contributed by atoms with Gasteiger partial charge in [0, 0.05) is 18.3 Å². The van der Waals surface area contributed by atoms with Crippen LogP contribution in [0.15, 0.2) is 48.1 Å². The van der Waals surface area contributed by atoms with Crippen LogP contribution in [0, 0.1) is 0 Å². The monoisotopic (exact) mass is 275 g/mol. The van der Waals surface area contributed by atoms with Crippen molar-refractivity contribution in [2.45, 2.75) is 17.3 Å². The zero-order valence-electron chi connectivity index (χ0n) is 10.9. The minimum Gasteiger partial charge on any atom is -0.312 e. The summed E-state index contributed by atoms with van der Waals surface area (Å²) in [5.74, 6) is 0. The van der Waals surface area contributed by atoms with E-state index in [4.69, 9.17) is 0 Å². The van der Waals surface area contributed by atoms with Crippen LogP contribution in [0.1, 0.15) is 6.92 Å². The number of nitrogens with one attached hydrogen (secondary N) is 1. The van der Waals surface area contributed by atoms with E-state index in [1.165, 1.54) is 0 Å². The highest BCUT2D eigenvalue weighted by atomic mass is 32.2. The molecular weight excluding hydrogens is 258 g/mol. The molecule has 0 aliphatic heterocycles. The van der Waals surface area contributed by atoms with Gasteiger partial charge in [0.2, 0.25) is 5.16 Å². The summed E-state index contributed by atoms with van der Waals surface area (Å²) in [6.07, 6.45) is 1.85. The molecule has 1 unspecified atom stereocenters. The van der Waals surface area contributed by atoms with Gasteiger partial charge < -0.3 is 5.32 Å². The van der Waals surface area contributed by atoms with E-state index in [2.05, 4.69) is 34.3 Å². The van der Waals surface area contributed by atoms with Crippen molar-refractivity contribution in [3.8, 4) is 5.69 Å². The molecule has 0 aliphatic rings. The Morgan fingerprint density at radius 1 is 1.42 bits per heavy atom. The second kappa shape index (κ2) is 7.06. The van der Waals surface area contributed by atoms with Crippen molar-refractivity contribution in [3.63, 3.8) is 0 Å². The Hall–Kier alpha value is -1.66. The maximum atomic E-state index is 4.08. The first-order valence-corrected chi connectivity index (χ1v) is 7.01. The Morgan fingerprint density at radius 2 is 2.21 bits per heavy atom. The molecule has 0 saturated carbocycles. The zero-order chi connectivity index (χ0) is 13.5. The minimum atomic E-state index is 0.383. The summed E-state index contributed by atoms with van der Waals surface area (Å²) in [5.41, 5.74) is 0.973. The maximum absolute atomic E-state index is 4.08. The Balaban J connectivity index is 2.02. The average molecular weight is 275 g/mol. The van der Waals surface area contributed by atoms with Gasteiger partial charge in [-0.15, -0.1) is 11.7 Å². The first-order valence-electron chi connectivity index (χ1n) is 6.13. The van der Waals surface area contributed by atoms with Gasteiger partial charge in [-0.3, -0.25) is 0 Å². The third-order valence-electron chi connectivity index (χ3n) is 2.47. The van der Waals surface area contributed by atoms with Crippen molar-refractivity contribution in [3.05, 3.63) is 43.0 Å². The van der Waals surface area contributed by atoms with Crippen LogP contribution in [-0.2, 0) is 0 Å². The van der Waals surface area contributed by atoms with E-state index >= 15 is 0 Å². The molecule has 1 aromatic carbocycles. The number of rotatable bonds is 7. The van der Waals surface area contributed by atoms with E-state index in [9.17, 15) is 0 Å². The third kappa shape index (κ3) is 3.90. The summed E-state index contributed by atoms with van der Waals surface area (Å²) in [6.45, 7) is 7.53. The molecule has 0 saturated heterocycles. The lowest BCUT2D eigenvalue weighted by Gasteiger charge is -2.10. The minimum absolute atomic E-state index is 0.383. The van der Waals surface area contributed by atoms with Crippen molar-refractivity contribution < 1.29 is 0 Å². The first kappa shape index (κ1) is 13.8. The molecule has 1 N–H and O–H groups in total. The molecule has 0 aliphatic carbocycles. The van der Waals surface area contributed by atoms with E-state index < -0.39 is 0 Å². The number of tetrazole rings is 1. The van der Waals surface area contributed by atoms with Gasteiger partial charge in [0.1, 0.15) is 0 Å². The van der Waals surface area contributed by atoms with Gasteiger partial charge in [-0.2, -0.15) is 4.68 Å². The van der Waals surface area contributed by atoms with Gasteiger partial charge in [-0.25, -0.2) is 0 Å². The van der Waals surface area contributed by atoms with E-state index in [0.717, 1.165) is 23.9 Å². The Bertz CT molecular complexity index is 511. The molecule has 0 radical (unpaired) electrons. The van der Waals surface area contributed by atoms with E-state index in [1.807, 2.05) is 36.4 Å². The van der Waals surface area contributed by atoms with Gasteiger partial charge in [-0.1, -0.05) is 43.0 Å². The number of para-hydroxylation sites is 1. The van der Waals surface area contributed by atoms with Gasteiger partial charge in [0.15, 0.2) is 0 Å². The lowest BCUT2D eigenvalue weighted by Crippen LogP contribution is -2.22. The molecule has 5 nitrogen and oxygen atoms in total. The number of nitrogens with zero attached hydrogens (tertiary/aromatic N) is 4. The smallest absolute Gasteiger partial charge is 0.214 e. The molecule has 0 spiro atoms. The fraction of sp³-hybridized carbons (Fsp3) is 0.308. The fourth-order valence-corrected chi connectivity index (χ4v) is 2.48. The Labute approximate surface area is 117 Å². The van der Waals surface area contributed by atoms with Crippen LogP contribution in [0.2, 0.25) is 0 Å². The largest absolute Gasteiger partial charge is 0.312 e. The highest BCUT2D eigenvalue weighted by Crippen LogP contribution is 2.22. The molecule has 1 heterocycles. The second-order valence-electron chi connectivity index (χ2n) is 4.08. The molecule has 2 aromatic rings. The second-order valence-corrected chi connectivity index (χ2v) is 5.49. The lowest BCUT2D eigenvalue weighted by molar-refractivity contribution is 0.728. The topological polar surface area (TPSA) is 55.6 Å². The normalized spacial score (nSPS) is 12.3. The van der Waals surface area contributed by atoms with Crippen molar-refractivity contribution in [2.24, 2.45) is 0 Å². The van der Waals surface area contributed by atoms with Gasteiger partial charge in [0.25, 0.3) is 0 Å². The van der Waals surface area contributed by atoms with Crippen LogP contribution >= 0.6 is 11.8 Å². The molecule has 1 atom stereocenters. The molecule has 0 amide bonds. The number of thioether (sulfide) groups is 1. The lowest BCUT2D eigenvalue weighted by atomic mass is 10.3. The van der Waals surface area contributed by atoms with Crippen LogP contribution in [0.3, 0.4) is 0 Å². The number of hydrogen-bond donors (Lipinski definition) is 1. The summed E-state index contributed by atoms with van der Waals surface area (Å²) in [4.78, 5) is 0. The van der Waals surface area contributed by atoms with Crippen LogP contribution in [0.25, 0.3) is 5.69 Å². The third-order valence-corrected chi connectivity index (χ3v) is 3.50. The van der Waals surface area contributed by atoms with Crippen molar-refractivity contribution in [1.29, 1.82) is 0 Å². The SMILES string of the molecule is C=CCNCC(C)Sc1nnnn1-c1ccccc1. The predicted octanol–water partition coefficient (Wildman–Crippen LogP) is 1.92. The quantitative estimate of drug-likeness (QED) is 0.475. The highest BCUT2D eigenvalue weighted by molar-refractivity contribution is 7.99. The van der Waals surface area contributed by atoms with E-state index in [0.29, 0.717) is 5.25 Å². The Morgan fingerprint density at radius 3 is 2.95 bits per heavy atom. The standard InChI is InChI=1S/C13H17N5S/c1-3-9-14-10-11(2)19-13-15-16-17-18(13)12-7-5-4-6-8-12/h3-8,11,14H,1,9-10H2,2H3. The molecule has 0 bridgehead atoms. The van der Waals surface area contributed by atoms with Crippen molar-refractivity contribution in [2.75, 3.05) is 13.1 Å². The number of aromatic nitrogens is 4. The number of benzene rings is 1. The molecule has 1 aromatic heterocycles. The maximum Gasteiger partial charge on any atom is 0.214 e. The Kier molecular flexibility index (Phi) is 5.11. The summed E-state index contributed by atoms with van der Waals surface area (Å²) in [6, 6.07) is 9.89. The molecule has 6 heteroatoms. The highest BCUT2D eigenvalue weighted by Gasteiger charge is 2.12. The van der Waals surface area contributed by atoms with Gasteiger partial charge >= 0.3 is 0 Å². The summed E-state index contributed by atoms with van der Waals surface area (Å²) in [7, 11) is 0. The predicted molar refractivity (Wildman–Crippen MR) is 77.5 cm³/mol. The average Bonchev–Trinajstić information content (AvgIpc) is 2.88. The van der Waals surface area contributed by atoms with Crippen LogP contribution in [0.4, 0.5) is 0 Å². The van der Waals surface area contributed by atoms with Crippen molar-refractivity contribution >= 4 is 11.8 Å². The van der Waals surface area contributed by atoms with E-state index in [-0.39, 0.29) is 0 Å². The van der Waals surface area contributed by atoms with Crippen LogP contribution < -0.4 is 5.32 Å². The molecule has 100 valence electrons. The molecule has 19 heavy (non-hydrogen) atoms. The fourth-order valence-electron chi connectivity index (χ4n) is 1.59. The first-order chi connectivity index (χ1) is 9.31. The summed E-state index contributed by atoms with van der Waals surface area (Å²) < 4.78 is 1.76. The van der Waals surface area contributed by atoms with Crippen LogP contribution in [-0.4, -0.2) is 38.5 Å². The van der Waals surface area contributed by atoms with Crippen molar-refractivity contribution in [1.82, 2.24) is 25.5 Å². The molecule has 0 fully saturated rings. The summed E-state index contributed by atoms with van der Waals surface area (Å²) >= 11 is 1.65. The van der Waals surface area contributed by atoms with E-state index in [1.54, 1.807) is 16.4 Å². The zero-order valence-corrected chi connectivity index (χ0v) is 11.7. The van der Waals surface area contributed by atoms with Gasteiger partial charge in [0.05, 0.1) is 5.69 Å². The summed E-state index contributed by atoms with van der Waals surface area (Å²) in [5, 5.41) is 16.3. The molecular formula is C13H17N5S. The van der Waals surface area contributed by atoms with Crippen LogP contribution in [0.5, 0.6) is 0 Å². The number of hydrogen-bond acceptors (Lipinski definition) is 5. The van der Waals surface area contributed by atoms with Gasteiger partial charge in [-0.05, 0) is 22.6 Å².